The second kappa shape index (κ2) is 12.9. The van der Waals surface area contributed by atoms with Gasteiger partial charge in [0, 0.05) is 27.5 Å². The first kappa shape index (κ1) is 30.6. The average Bonchev–Trinajstić information content (AvgIpc) is 3.63. The topological polar surface area (TPSA) is 51.8 Å². The highest BCUT2D eigenvalue weighted by molar-refractivity contribution is 6.12. The van der Waals surface area contributed by atoms with Gasteiger partial charge in [0.2, 0.25) is 0 Å². The van der Waals surface area contributed by atoms with E-state index in [2.05, 4.69) is 133 Å². The van der Waals surface area contributed by atoms with Crippen LogP contribution in [-0.2, 0) is 0 Å². The minimum Gasteiger partial charge on any atom is -0.456 e. The molecule has 10 aromatic rings. The number of para-hydroxylation sites is 1. The summed E-state index contributed by atoms with van der Waals surface area (Å²) in [6.45, 7) is 0. The number of hydrogen-bond acceptors (Lipinski definition) is 4. The molecule has 0 bridgehead atoms. The maximum atomic E-state index is 6.33. The molecular formula is C49H31N3O. The van der Waals surface area contributed by atoms with E-state index in [4.69, 9.17) is 19.4 Å². The second-order valence-corrected chi connectivity index (χ2v) is 13.3. The Bertz CT molecular complexity index is 2930. The van der Waals surface area contributed by atoms with Gasteiger partial charge in [-0.05, 0) is 80.6 Å². The highest BCUT2D eigenvalue weighted by atomic mass is 16.3. The fraction of sp³-hybridized carbons (Fsp3) is 0. The molecule has 0 fully saturated rings. The zero-order valence-electron chi connectivity index (χ0n) is 28.6. The van der Waals surface area contributed by atoms with Crippen molar-refractivity contribution in [2.75, 3.05) is 0 Å². The molecule has 2 aromatic heterocycles. The summed E-state index contributed by atoms with van der Waals surface area (Å²) in [6, 6.07) is 65.3. The van der Waals surface area contributed by atoms with Crippen LogP contribution in [0.5, 0.6) is 0 Å². The summed E-state index contributed by atoms with van der Waals surface area (Å²) in [5.41, 5.74) is 11.1. The van der Waals surface area contributed by atoms with Crippen molar-refractivity contribution in [1.82, 2.24) is 15.0 Å². The van der Waals surface area contributed by atoms with E-state index in [1.807, 2.05) is 54.6 Å². The van der Waals surface area contributed by atoms with Crippen molar-refractivity contribution < 1.29 is 4.42 Å². The molecule has 0 N–H and O–H groups in total. The second-order valence-electron chi connectivity index (χ2n) is 13.3. The lowest BCUT2D eigenvalue weighted by Crippen LogP contribution is -2.00. The van der Waals surface area contributed by atoms with Crippen LogP contribution in [0, 0.1) is 0 Å². The van der Waals surface area contributed by atoms with Crippen LogP contribution in [-0.4, -0.2) is 15.0 Å². The molecule has 4 nitrogen and oxygen atoms in total. The molecule has 0 amide bonds. The number of fused-ring (bicyclic) bond motifs is 4. The third-order valence-corrected chi connectivity index (χ3v) is 9.91. The molecule has 0 saturated heterocycles. The van der Waals surface area contributed by atoms with E-state index < -0.39 is 0 Å². The Morgan fingerprint density at radius 3 is 1.60 bits per heavy atom. The lowest BCUT2D eigenvalue weighted by Gasteiger charge is -2.13. The maximum Gasteiger partial charge on any atom is 0.164 e. The summed E-state index contributed by atoms with van der Waals surface area (Å²) in [4.78, 5) is 15.4. The van der Waals surface area contributed by atoms with E-state index >= 15 is 0 Å². The molecule has 0 aliphatic heterocycles. The minimum absolute atomic E-state index is 0.606. The summed E-state index contributed by atoms with van der Waals surface area (Å²) < 4.78 is 6.33. The van der Waals surface area contributed by atoms with Crippen molar-refractivity contribution in [2.24, 2.45) is 0 Å². The van der Waals surface area contributed by atoms with Crippen LogP contribution in [0.25, 0.3) is 100 Å². The van der Waals surface area contributed by atoms with Gasteiger partial charge in [-0.2, -0.15) is 0 Å². The fourth-order valence-electron chi connectivity index (χ4n) is 7.26. The van der Waals surface area contributed by atoms with Gasteiger partial charge in [-0.15, -0.1) is 0 Å². The van der Waals surface area contributed by atoms with Crippen LogP contribution in [0.3, 0.4) is 0 Å². The molecule has 4 heteroatoms. The monoisotopic (exact) mass is 677 g/mol. The molecular weight excluding hydrogens is 647 g/mol. The van der Waals surface area contributed by atoms with Crippen molar-refractivity contribution in [2.45, 2.75) is 0 Å². The Balaban J connectivity index is 1.19. The number of furan rings is 1. The summed E-state index contributed by atoms with van der Waals surface area (Å²) in [6.07, 6.45) is 0. The first-order chi connectivity index (χ1) is 26.2. The highest BCUT2D eigenvalue weighted by Gasteiger charge is 2.18. The zero-order valence-corrected chi connectivity index (χ0v) is 28.6. The molecule has 0 saturated carbocycles. The fourth-order valence-corrected chi connectivity index (χ4v) is 7.26. The Morgan fingerprint density at radius 2 is 0.830 bits per heavy atom. The third-order valence-electron chi connectivity index (χ3n) is 9.91. The number of nitrogens with zero attached hydrogens (tertiary/aromatic N) is 3. The van der Waals surface area contributed by atoms with Gasteiger partial charge in [0.1, 0.15) is 11.2 Å². The number of rotatable bonds is 6. The SMILES string of the molecule is c1ccc(-c2ccc(-c3nc(-c4ccccc4)nc(-c4cc(-c5ccc6ccccc6c5)cc(-c5cccc6oc7ccccc7c56)c4)n3)cc2)cc1. The number of aromatic nitrogens is 3. The summed E-state index contributed by atoms with van der Waals surface area (Å²) in [5, 5.41) is 4.57. The van der Waals surface area contributed by atoms with Gasteiger partial charge in [0.15, 0.2) is 17.5 Å². The minimum atomic E-state index is 0.606. The van der Waals surface area contributed by atoms with E-state index in [0.29, 0.717) is 17.5 Å². The van der Waals surface area contributed by atoms with Crippen LogP contribution < -0.4 is 0 Å². The molecule has 0 radical (unpaired) electrons. The molecule has 0 spiro atoms. The van der Waals surface area contributed by atoms with Crippen LogP contribution in [0.2, 0.25) is 0 Å². The van der Waals surface area contributed by atoms with Gasteiger partial charge >= 0.3 is 0 Å². The molecule has 8 aromatic carbocycles. The number of benzene rings is 8. The lowest BCUT2D eigenvalue weighted by molar-refractivity contribution is 0.669. The summed E-state index contributed by atoms with van der Waals surface area (Å²) in [7, 11) is 0. The van der Waals surface area contributed by atoms with Crippen LogP contribution in [0.15, 0.2) is 192 Å². The Kier molecular flexibility index (Phi) is 7.43. The predicted octanol–water partition coefficient (Wildman–Crippen LogP) is 12.9. The van der Waals surface area contributed by atoms with Crippen molar-refractivity contribution in [1.29, 1.82) is 0 Å². The Morgan fingerprint density at radius 1 is 0.302 bits per heavy atom. The molecule has 0 aliphatic carbocycles. The maximum absolute atomic E-state index is 6.33. The van der Waals surface area contributed by atoms with E-state index in [0.717, 1.165) is 66.4 Å². The van der Waals surface area contributed by atoms with Gasteiger partial charge in [-0.25, -0.2) is 15.0 Å². The predicted molar refractivity (Wildman–Crippen MR) is 217 cm³/mol. The van der Waals surface area contributed by atoms with Crippen LogP contribution in [0.1, 0.15) is 0 Å². The van der Waals surface area contributed by atoms with Crippen LogP contribution in [0.4, 0.5) is 0 Å². The first-order valence-electron chi connectivity index (χ1n) is 17.8. The first-order valence-corrected chi connectivity index (χ1v) is 17.8. The molecule has 2 heterocycles. The lowest BCUT2D eigenvalue weighted by atomic mass is 9.92. The molecule has 53 heavy (non-hydrogen) atoms. The normalized spacial score (nSPS) is 11.4. The van der Waals surface area contributed by atoms with Gasteiger partial charge in [0.25, 0.3) is 0 Å². The van der Waals surface area contributed by atoms with Gasteiger partial charge in [-0.3, -0.25) is 0 Å². The molecule has 0 atom stereocenters. The number of hydrogen-bond donors (Lipinski definition) is 0. The van der Waals surface area contributed by atoms with E-state index in [1.54, 1.807) is 0 Å². The highest BCUT2D eigenvalue weighted by Crippen LogP contribution is 2.40. The van der Waals surface area contributed by atoms with Gasteiger partial charge in [-0.1, -0.05) is 152 Å². The van der Waals surface area contributed by atoms with E-state index in [-0.39, 0.29) is 0 Å². The van der Waals surface area contributed by atoms with Crippen molar-refractivity contribution >= 4 is 32.7 Å². The van der Waals surface area contributed by atoms with Gasteiger partial charge in [0.05, 0.1) is 0 Å². The third kappa shape index (κ3) is 5.73. The average molecular weight is 678 g/mol. The summed E-state index contributed by atoms with van der Waals surface area (Å²) in [5.74, 6) is 1.85. The molecule has 0 unspecified atom stereocenters. The summed E-state index contributed by atoms with van der Waals surface area (Å²) >= 11 is 0. The zero-order chi connectivity index (χ0) is 35.1. The molecule has 248 valence electrons. The largest absolute Gasteiger partial charge is 0.456 e. The van der Waals surface area contributed by atoms with Crippen LogP contribution >= 0.6 is 0 Å². The Labute approximate surface area is 306 Å². The Hall–Kier alpha value is -7.17. The standard InChI is InChI=1S/C49H31N3O/c1-3-12-32(13-4-1)34-22-25-36(26-23-34)48-50-47(35-15-5-2-6-16-35)51-49(52-48)41-30-39(38-27-24-33-14-7-8-17-37(33)28-38)29-40(31-41)42-19-11-21-45-46(42)43-18-9-10-20-44(43)53-45/h1-31H. The van der Waals surface area contributed by atoms with Crippen molar-refractivity contribution in [3.8, 4) is 67.5 Å². The smallest absolute Gasteiger partial charge is 0.164 e. The van der Waals surface area contributed by atoms with E-state index in [1.165, 1.54) is 16.3 Å². The van der Waals surface area contributed by atoms with Crippen molar-refractivity contribution in [3.63, 3.8) is 0 Å². The molecule has 10 rings (SSSR count). The quantitative estimate of drug-likeness (QED) is 0.176. The van der Waals surface area contributed by atoms with Gasteiger partial charge < -0.3 is 4.42 Å². The van der Waals surface area contributed by atoms with E-state index in [9.17, 15) is 0 Å². The molecule has 0 aliphatic rings. The van der Waals surface area contributed by atoms with Crippen molar-refractivity contribution in [3.05, 3.63) is 188 Å².